The lowest BCUT2D eigenvalue weighted by Gasteiger charge is -2.10. The summed E-state index contributed by atoms with van der Waals surface area (Å²) in [5.74, 6) is -0.452. The Morgan fingerprint density at radius 2 is 1.76 bits per heavy atom. The first-order chi connectivity index (χ1) is 13.8. The van der Waals surface area contributed by atoms with Gasteiger partial charge in [0.15, 0.2) is 0 Å². The minimum absolute atomic E-state index is 0.196. The van der Waals surface area contributed by atoms with Crippen molar-refractivity contribution in [1.29, 1.82) is 0 Å². The minimum Gasteiger partial charge on any atom is -0.478 e. The first-order valence-corrected chi connectivity index (χ1v) is 8.78. The molecule has 4 rings (SSSR count). The number of carboxylic acids is 1. The van der Waals surface area contributed by atoms with E-state index in [1.807, 2.05) is 0 Å². The predicted octanol–water partition coefficient (Wildman–Crippen LogP) is 5.33. The fraction of sp³-hybridized carbons (Fsp3) is 0.0909. The molecule has 1 N–H and O–H groups in total. The lowest BCUT2D eigenvalue weighted by atomic mass is 10.0. The molecule has 0 aliphatic rings. The number of fused-ring (bicyclic) bond motifs is 1. The van der Waals surface area contributed by atoms with Crippen molar-refractivity contribution in [2.24, 2.45) is 0 Å². The zero-order valence-corrected chi connectivity index (χ0v) is 15.0. The van der Waals surface area contributed by atoms with Crippen LogP contribution >= 0.6 is 0 Å². The number of hydrogen-bond acceptors (Lipinski definition) is 2. The monoisotopic (exact) mass is 396 g/mol. The number of alkyl halides is 3. The van der Waals surface area contributed by atoms with Gasteiger partial charge in [-0.2, -0.15) is 13.2 Å². The van der Waals surface area contributed by atoms with Crippen LogP contribution in [0.5, 0.6) is 0 Å². The highest BCUT2D eigenvalue weighted by molar-refractivity contribution is 6.03. The van der Waals surface area contributed by atoms with E-state index in [-0.39, 0.29) is 5.56 Å². The summed E-state index contributed by atoms with van der Waals surface area (Å²) in [4.78, 5) is 15.8. The van der Waals surface area contributed by atoms with Gasteiger partial charge in [0.05, 0.1) is 16.6 Å². The summed E-state index contributed by atoms with van der Waals surface area (Å²) in [6, 6.07) is 15.5. The maximum Gasteiger partial charge on any atom is 0.416 e. The third-order valence-corrected chi connectivity index (χ3v) is 4.68. The zero-order valence-electron chi connectivity index (χ0n) is 15.0. The number of benzene rings is 2. The highest BCUT2D eigenvalue weighted by atomic mass is 19.4. The van der Waals surface area contributed by atoms with Crippen LogP contribution in [0.3, 0.4) is 0 Å². The van der Waals surface area contributed by atoms with Gasteiger partial charge in [-0.1, -0.05) is 24.3 Å². The highest BCUT2D eigenvalue weighted by Crippen LogP contribution is 2.30. The molecule has 0 amide bonds. The third-order valence-electron chi connectivity index (χ3n) is 4.68. The summed E-state index contributed by atoms with van der Waals surface area (Å²) < 4.78 is 40.6. The van der Waals surface area contributed by atoms with Crippen LogP contribution in [0.15, 0.2) is 73.1 Å². The quantitative estimate of drug-likeness (QED) is 0.507. The fourth-order valence-corrected chi connectivity index (χ4v) is 3.35. The molecule has 0 radical (unpaired) electrons. The molecule has 0 bridgehead atoms. The molecule has 0 aliphatic carbocycles. The van der Waals surface area contributed by atoms with Gasteiger partial charge in [-0.25, -0.2) is 9.78 Å². The molecule has 0 spiro atoms. The van der Waals surface area contributed by atoms with Crippen LogP contribution in [-0.4, -0.2) is 20.6 Å². The Morgan fingerprint density at radius 1 is 1.00 bits per heavy atom. The van der Waals surface area contributed by atoms with E-state index in [9.17, 15) is 23.1 Å². The summed E-state index contributed by atoms with van der Waals surface area (Å²) in [5.41, 5.74) is 1.55. The average molecular weight is 396 g/mol. The lowest BCUT2D eigenvalue weighted by molar-refractivity contribution is -0.137. The Balaban J connectivity index is 1.70. The highest BCUT2D eigenvalue weighted by Gasteiger charge is 2.30. The van der Waals surface area contributed by atoms with Crippen LogP contribution in [0.2, 0.25) is 0 Å². The Morgan fingerprint density at radius 3 is 2.52 bits per heavy atom. The van der Waals surface area contributed by atoms with Crippen LogP contribution in [0.25, 0.3) is 16.7 Å². The van der Waals surface area contributed by atoms with E-state index in [0.717, 1.165) is 17.7 Å². The smallest absolute Gasteiger partial charge is 0.416 e. The Labute approximate surface area is 163 Å². The van der Waals surface area contributed by atoms with Gasteiger partial charge in [0, 0.05) is 17.8 Å². The second-order valence-corrected chi connectivity index (χ2v) is 6.63. The average Bonchev–Trinajstić information content (AvgIpc) is 3.12. The number of rotatable bonds is 4. The minimum atomic E-state index is -4.38. The van der Waals surface area contributed by atoms with E-state index in [1.165, 1.54) is 12.1 Å². The van der Waals surface area contributed by atoms with E-state index in [1.54, 1.807) is 53.4 Å². The second kappa shape index (κ2) is 7.09. The Hall–Kier alpha value is -3.61. The normalized spacial score (nSPS) is 11.7. The van der Waals surface area contributed by atoms with Crippen molar-refractivity contribution in [1.82, 2.24) is 9.55 Å². The molecule has 2 aromatic heterocycles. The lowest BCUT2D eigenvalue weighted by Crippen LogP contribution is -2.05. The van der Waals surface area contributed by atoms with Gasteiger partial charge in [0.25, 0.3) is 0 Å². The first kappa shape index (κ1) is 18.7. The summed E-state index contributed by atoms with van der Waals surface area (Å²) >= 11 is 0. The molecule has 0 fully saturated rings. The molecule has 2 heterocycles. The molecule has 0 aliphatic heterocycles. The van der Waals surface area contributed by atoms with Crippen LogP contribution in [0, 0.1) is 0 Å². The maximum atomic E-state index is 12.9. The summed E-state index contributed by atoms with van der Waals surface area (Å²) in [5, 5.41) is 9.93. The van der Waals surface area contributed by atoms with Gasteiger partial charge in [0.1, 0.15) is 5.82 Å². The molecule has 0 unspecified atom stereocenters. The number of halogens is 3. The fourth-order valence-electron chi connectivity index (χ4n) is 3.35. The number of aromatic carboxylic acids is 1. The summed E-state index contributed by atoms with van der Waals surface area (Å²) in [6.07, 6.45) is -0.747. The van der Waals surface area contributed by atoms with Crippen molar-refractivity contribution in [2.75, 3.05) is 0 Å². The molecular weight excluding hydrogens is 381 g/mol. The van der Waals surface area contributed by atoms with Crippen LogP contribution in [0.4, 0.5) is 13.2 Å². The molecule has 29 heavy (non-hydrogen) atoms. The van der Waals surface area contributed by atoms with Gasteiger partial charge < -0.3 is 9.67 Å². The van der Waals surface area contributed by atoms with Crippen molar-refractivity contribution >= 4 is 16.9 Å². The molecule has 4 nitrogen and oxygen atoms in total. The SMILES string of the molecule is O=C(O)c1cccc2c1ccn2-c1cc(Cc2cccc(C(F)(F)F)c2)ccn1. The van der Waals surface area contributed by atoms with Crippen LogP contribution in [0.1, 0.15) is 27.0 Å². The number of pyridine rings is 1. The van der Waals surface area contributed by atoms with E-state index in [2.05, 4.69) is 4.98 Å². The number of nitrogens with zero attached hydrogens (tertiary/aromatic N) is 2. The molecule has 7 heteroatoms. The van der Waals surface area contributed by atoms with E-state index < -0.39 is 17.7 Å². The second-order valence-electron chi connectivity index (χ2n) is 6.63. The van der Waals surface area contributed by atoms with E-state index >= 15 is 0 Å². The van der Waals surface area contributed by atoms with Crippen LogP contribution in [-0.2, 0) is 12.6 Å². The molecule has 2 aromatic carbocycles. The first-order valence-electron chi connectivity index (χ1n) is 8.78. The number of carbonyl (C=O) groups is 1. The third kappa shape index (κ3) is 3.71. The Kier molecular flexibility index (Phi) is 4.58. The van der Waals surface area contributed by atoms with Crippen LogP contribution < -0.4 is 0 Å². The standard InChI is InChI=1S/C22H15F3N2O2/c23-22(24,25)16-4-1-3-14(12-16)11-15-7-9-26-20(13-15)27-10-8-17-18(21(28)29)5-2-6-19(17)27/h1-10,12-13H,11H2,(H,28,29). The summed E-state index contributed by atoms with van der Waals surface area (Å²) in [7, 11) is 0. The van der Waals surface area contributed by atoms with Crippen molar-refractivity contribution in [3.63, 3.8) is 0 Å². The summed E-state index contributed by atoms with van der Waals surface area (Å²) in [6.45, 7) is 0. The van der Waals surface area contributed by atoms with E-state index in [4.69, 9.17) is 0 Å². The molecule has 0 saturated carbocycles. The van der Waals surface area contributed by atoms with Crippen molar-refractivity contribution in [3.05, 3.63) is 95.3 Å². The number of hydrogen-bond donors (Lipinski definition) is 1. The molecule has 0 saturated heterocycles. The molecule has 146 valence electrons. The maximum absolute atomic E-state index is 12.9. The largest absolute Gasteiger partial charge is 0.478 e. The van der Waals surface area contributed by atoms with Gasteiger partial charge in [-0.15, -0.1) is 0 Å². The topological polar surface area (TPSA) is 55.1 Å². The van der Waals surface area contributed by atoms with Gasteiger partial charge >= 0.3 is 12.1 Å². The van der Waals surface area contributed by atoms with Crippen molar-refractivity contribution in [2.45, 2.75) is 12.6 Å². The number of aromatic nitrogens is 2. The predicted molar refractivity (Wildman–Crippen MR) is 102 cm³/mol. The van der Waals surface area contributed by atoms with Gasteiger partial charge in [0.2, 0.25) is 0 Å². The zero-order chi connectivity index (χ0) is 20.6. The van der Waals surface area contributed by atoms with Gasteiger partial charge in [-0.3, -0.25) is 0 Å². The molecular formula is C22H15F3N2O2. The van der Waals surface area contributed by atoms with E-state index in [0.29, 0.717) is 28.7 Å². The van der Waals surface area contributed by atoms with Gasteiger partial charge in [-0.05, 0) is 53.9 Å². The molecule has 0 atom stereocenters. The molecule has 4 aromatic rings. The van der Waals surface area contributed by atoms with Crippen molar-refractivity contribution in [3.8, 4) is 5.82 Å². The van der Waals surface area contributed by atoms with Crippen molar-refractivity contribution < 1.29 is 23.1 Å². The Bertz CT molecular complexity index is 1210. The number of carboxylic acid groups (broad SMARTS) is 1.